The van der Waals surface area contributed by atoms with Gasteiger partial charge in [0.25, 0.3) is 6.09 Å². The lowest BCUT2D eigenvalue weighted by Crippen LogP contribution is -2.17. The first kappa shape index (κ1) is 6.40. The van der Waals surface area contributed by atoms with E-state index in [9.17, 15) is 4.39 Å². The van der Waals surface area contributed by atoms with Gasteiger partial charge in [0.15, 0.2) is 0 Å². The van der Waals surface area contributed by atoms with Crippen LogP contribution in [0, 0.1) is 0 Å². The molecule has 1 N–H and O–H groups in total. The molecule has 0 aromatic carbocycles. The van der Waals surface area contributed by atoms with E-state index in [1.807, 2.05) is 6.92 Å². The van der Waals surface area contributed by atoms with Crippen LogP contribution in [-0.4, -0.2) is 19.7 Å². The van der Waals surface area contributed by atoms with Gasteiger partial charge in [0, 0.05) is 13.6 Å². The molecule has 2 nitrogen and oxygen atoms in total. The fraction of sp³-hybridized carbons (Fsp3) is 0.750. The molecule has 0 radical (unpaired) electrons. The van der Waals surface area contributed by atoms with Crippen molar-refractivity contribution in [3.8, 4) is 0 Å². The van der Waals surface area contributed by atoms with Crippen molar-refractivity contribution in [3.05, 3.63) is 0 Å². The molecule has 3 heteroatoms. The van der Waals surface area contributed by atoms with Crippen LogP contribution in [0.5, 0.6) is 0 Å². The summed E-state index contributed by atoms with van der Waals surface area (Å²) in [7, 11) is 1.40. The highest BCUT2D eigenvalue weighted by Gasteiger charge is 1.83. The van der Waals surface area contributed by atoms with Crippen molar-refractivity contribution in [1.29, 1.82) is 0 Å². The van der Waals surface area contributed by atoms with Crippen LogP contribution in [0.15, 0.2) is 4.99 Å². The SMILES string of the molecule is CCNC(F)=NC. The van der Waals surface area contributed by atoms with Crippen molar-refractivity contribution in [1.82, 2.24) is 5.32 Å². The molecule has 0 atom stereocenters. The Kier molecular flexibility index (Phi) is 3.28. The van der Waals surface area contributed by atoms with Crippen LogP contribution >= 0.6 is 0 Å². The van der Waals surface area contributed by atoms with Gasteiger partial charge in [-0.2, -0.15) is 4.39 Å². The molecule has 0 spiro atoms. The van der Waals surface area contributed by atoms with Crippen molar-refractivity contribution in [2.24, 2.45) is 4.99 Å². The van der Waals surface area contributed by atoms with E-state index in [1.54, 1.807) is 0 Å². The third-order valence-corrected chi connectivity index (χ3v) is 0.519. The molecule has 7 heavy (non-hydrogen) atoms. The number of hydrogen-bond acceptors (Lipinski definition) is 1. The van der Waals surface area contributed by atoms with E-state index in [4.69, 9.17) is 0 Å². The number of hydrogen-bond donors (Lipinski definition) is 1. The zero-order valence-electron chi connectivity index (χ0n) is 4.53. The second kappa shape index (κ2) is 3.59. The number of nitrogens with zero attached hydrogens (tertiary/aromatic N) is 1. The summed E-state index contributed by atoms with van der Waals surface area (Å²) < 4.78 is 11.8. The Hall–Kier alpha value is -0.600. The first-order valence-corrected chi connectivity index (χ1v) is 2.17. The van der Waals surface area contributed by atoms with Crippen LogP contribution in [0.3, 0.4) is 0 Å². The highest BCUT2D eigenvalue weighted by molar-refractivity contribution is 5.71. The lowest BCUT2D eigenvalue weighted by molar-refractivity contribution is 0.721. The summed E-state index contributed by atoms with van der Waals surface area (Å²) in [6.45, 7) is 2.40. The Morgan fingerprint density at radius 3 is 2.57 bits per heavy atom. The molecule has 0 amide bonds. The fourth-order valence-corrected chi connectivity index (χ4v) is 0.225. The van der Waals surface area contributed by atoms with Crippen LogP contribution in [0.4, 0.5) is 4.39 Å². The summed E-state index contributed by atoms with van der Waals surface area (Å²) >= 11 is 0. The minimum Gasteiger partial charge on any atom is -0.347 e. The summed E-state index contributed by atoms with van der Waals surface area (Å²) in [6, 6.07) is 0. The van der Waals surface area contributed by atoms with Gasteiger partial charge in [-0.15, -0.1) is 0 Å². The predicted octanol–water partition coefficient (Wildman–Crippen LogP) is 0.551. The maximum absolute atomic E-state index is 11.8. The molecule has 0 unspecified atom stereocenters. The second-order valence-electron chi connectivity index (χ2n) is 1.04. The molecule has 0 saturated heterocycles. The lowest BCUT2D eigenvalue weighted by atomic mass is 10.8. The summed E-state index contributed by atoms with van der Waals surface area (Å²) in [6.07, 6.45) is -0.498. The normalized spacial score (nSPS) is 11.6. The standard InChI is InChI=1S/C4H9FN2/c1-3-7-4(5)6-2/h3H2,1-2H3,(H,6,7). The first-order valence-electron chi connectivity index (χ1n) is 2.17. The molecule has 0 fully saturated rings. The Labute approximate surface area is 42.4 Å². The van der Waals surface area contributed by atoms with Crippen molar-refractivity contribution < 1.29 is 4.39 Å². The molecule has 0 aliphatic rings. The van der Waals surface area contributed by atoms with Gasteiger partial charge in [0.05, 0.1) is 0 Å². The predicted molar refractivity (Wildman–Crippen MR) is 28.1 cm³/mol. The van der Waals surface area contributed by atoms with Crippen LogP contribution in [0.25, 0.3) is 0 Å². The van der Waals surface area contributed by atoms with Gasteiger partial charge in [-0.1, -0.05) is 0 Å². The Morgan fingerprint density at radius 2 is 2.43 bits per heavy atom. The topological polar surface area (TPSA) is 24.4 Å². The van der Waals surface area contributed by atoms with Crippen molar-refractivity contribution >= 4 is 6.09 Å². The van der Waals surface area contributed by atoms with Gasteiger partial charge >= 0.3 is 0 Å². The summed E-state index contributed by atoms with van der Waals surface area (Å²) in [4.78, 5) is 3.22. The minimum atomic E-state index is -0.498. The largest absolute Gasteiger partial charge is 0.347 e. The highest BCUT2D eigenvalue weighted by Crippen LogP contribution is 1.68. The monoisotopic (exact) mass is 104 g/mol. The third kappa shape index (κ3) is 3.22. The Morgan fingerprint density at radius 1 is 1.86 bits per heavy atom. The smallest absolute Gasteiger partial charge is 0.277 e. The molecule has 0 aromatic rings. The van der Waals surface area contributed by atoms with E-state index in [0.717, 1.165) is 0 Å². The molecule has 0 aliphatic carbocycles. The summed E-state index contributed by atoms with van der Waals surface area (Å²) in [5.74, 6) is 0. The van der Waals surface area contributed by atoms with Crippen molar-refractivity contribution in [2.45, 2.75) is 6.92 Å². The molecule has 0 bridgehead atoms. The zero-order chi connectivity index (χ0) is 5.70. The van der Waals surface area contributed by atoms with Crippen LogP contribution in [0.1, 0.15) is 6.92 Å². The average Bonchev–Trinajstić information content (AvgIpc) is 1.68. The van der Waals surface area contributed by atoms with Gasteiger partial charge in [-0.25, -0.2) is 4.99 Å². The van der Waals surface area contributed by atoms with E-state index in [0.29, 0.717) is 6.54 Å². The maximum atomic E-state index is 11.8. The molecular weight excluding hydrogens is 95.1 g/mol. The summed E-state index contributed by atoms with van der Waals surface area (Å²) in [5.41, 5.74) is 0. The van der Waals surface area contributed by atoms with E-state index >= 15 is 0 Å². The van der Waals surface area contributed by atoms with Gasteiger partial charge in [0.2, 0.25) is 0 Å². The number of aliphatic imine (C=N–C) groups is 1. The van der Waals surface area contributed by atoms with E-state index in [1.165, 1.54) is 7.05 Å². The van der Waals surface area contributed by atoms with E-state index in [-0.39, 0.29) is 0 Å². The Bertz CT molecular complexity index is 70.1. The number of amidine groups is 1. The van der Waals surface area contributed by atoms with Gasteiger partial charge < -0.3 is 5.32 Å². The molecule has 42 valence electrons. The Balaban J connectivity index is 3.17. The van der Waals surface area contributed by atoms with Crippen molar-refractivity contribution in [2.75, 3.05) is 13.6 Å². The van der Waals surface area contributed by atoms with Crippen LogP contribution in [0.2, 0.25) is 0 Å². The zero-order valence-corrected chi connectivity index (χ0v) is 4.53. The lowest BCUT2D eigenvalue weighted by Gasteiger charge is -1.91. The summed E-state index contributed by atoms with van der Waals surface area (Å²) in [5, 5.41) is 2.38. The average molecular weight is 104 g/mol. The fourth-order valence-electron chi connectivity index (χ4n) is 0.225. The molecule has 0 rings (SSSR count). The van der Waals surface area contributed by atoms with Crippen LogP contribution in [-0.2, 0) is 0 Å². The third-order valence-electron chi connectivity index (χ3n) is 0.519. The molecule has 0 aromatic heterocycles. The van der Waals surface area contributed by atoms with Gasteiger partial charge in [0.1, 0.15) is 0 Å². The van der Waals surface area contributed by atoms with Gasteiger partial charge in [-0.3, -0.25) is 0 Å². The number of halogens is 1. The molecular formula is C4H9FN2. The molecule has 0 saturated carbocycles. The highest BCUT2D eigenvalue weighted by atomic mass is 19.1. The number of rotatable bonds is 1. The van der Waals surface area contributed by atoms with Gasteiger partial charge in [-0.05, 0) is 6.92 Å². The first-order chi connectivity index (χ1) is 3.31. The van der Waals surface area contributed by atoms with E-state index in [2.05, 4.69) is 10.3 Å². The van der Waals surface area contributed by atoms with E-state index < -0.39 is 6.09 Å². The van der Waals surface area contributed by atoms with Crippen LogP contribution < -0.4 is 5.32 Å². The number of nitrogens with one attached hydrogen (secondary N) is 1. The maximum Gasteiger partial charge on any atom is 0.277 e. The molecule has 0 heterocycles. The quantitative estimate of drug-likeness (QED) is 0.293. The minimum absolute atomic E-state index is 0.498. The molecule has 0 aliphatic heterocycles. The van der Waals surface area contributed by atoms with Crippen molar-refractivity contribution in [3.63, 3.8) is 0 Å². The second-order valence-corrected chi connectivity index (χ2v) is 1.04.